The summed E-state index contributed by atoms with van der Waals surface area (Å²) in [4.78, 5) is 2.47. The van der Waals surface area contributed by atoms with Gasteiger partial charge in [-0.2, -0.15) is 0 Å². The first-order valence-electron chi connectivity index (χ1n) is 11.0. The highest BCUT2D eigenvalue weighted by molar-refractivity contribution is 7.25. The molecule has 3 heterocycles. The molecule has 0 saturated carbocycles. The van der Waals surface area contributed by atoms with Crippen molar-refractivity contribution in [1.82, 2.24) is 19.9 Å². The Morgan fingerprint density at radius 1 is 0.875 bits per heavy atom. The van der Waals surface area contributed by atoms with Crippen LogP contribution in [0.15, 0.2) is 79.0 Å². The molecule has 5 nitrogen and oxygen atoms in total. The number of ether oxygens (including phenoxy) is 1. The summed E-state index contributed by atoms with van der Waals surface area (Å²) in [5.41, 5.74) is 3.25. The summed E-state index contributed by atoms with van der Waals surface area (Å²) < 4.78 is 10.3. The van der Waals surface area contributed by atoms with Crippen LogP contribution in [0.3, 0.4) is 0 Å². The van der Waals surface area contributed by atoms with Crippen LogP contribution in [0.5, 0.6) is 0 Å². The molecule has 6 heteroatoms. The summed E-state index contributed by atoms with van der Waals surface area (Å²) in [5.74, 6) is 0. The van der Waals surface area contributed by atoms with Crippen molar-refractivity contribution in [2.45, 2.75) is 6.04 Å². The van der Waals surface area contributed by atoms with Gasteiger partial charge in [0.25, 0.3) is 0 Å². The number of nitrogens with zero attached hydrogens (tertiary/aromatic N) is 4. The quantitative estimate of drug-likeness (QED) is 0.375. The smallest absolute Gasteiger partial charge is 0.113 e. The highest BCUT2D eigenvalue weighted by Gasteiger charge is 2.22. The Bertz CT molecular complexity index is 1350. The zero-order chi connectivity index (χ0) is 21.3. The van der Waals surface area contributed by atoms with Gasteiger partial charge in [0.2, 0.25) is 0 Å². The highest BCUT2D eigenvalue weighted by atomic mass is 32.1. The maximum absolute atomic E-state index is 5.58. The molecule has 1 atom stereocenters. The lowest BCUT2D eigenvalue weighted by molar-refractivity contribution is 0.0330. The van der Waals surface area contributed by atoms with E-state index in [-0.39, 0.29) is 6.04 Å². The standard InChI is InChI=1S/C26H24N4OS/c1-2-6-19(7-3-1)23-17-30(28-27-23)24(18-29-12-14-31-15-13-29)20-10-11-26-22(16-20)21-8-4-5-9-25(21)32-26/h1-11,16-17,24H,12-15,18H2. The van der Waals surface area contributed by atoms with Gasteiger partial charge in [-0.05, 0) is 23.8 Å². The monoisotopic (exact) mass is 440 g/mol. The molecule has 1 saturated heterocycles. The van der Waals surface area contributed by atoms with Crippen LogP contribution in [0.1, 0.15) is 11.6 Å². The van der Waals surface area contributed by atoms with E-state index < -0.39 is 0 Å². The van der Waals surface area contributed by atoms with Crippen LogP contribution >= 0.6 is 11.3 Å². The van der Waals surface area contributed by atoms with Crippen LogP contribution < -0.4 is 0 Å². The average molecular weight is 441 g/mol. The van der Waals surface area contributed by atoms with Crippen molar-refractivity contribution >= 4 is 31.5 Å². The van der Waals surface area contributed by atoms with Crippen molar-refractivity contribution in [2.75, 3.05) is 32.8 Å². The van der Waals surface area contributed by atoms with E-state index in [2.05, 4.69) is 76.0 Å². The summed E-state index contributed by atoms with van der Waals surface area (Å²) >= 11 is 1.85. The fourth-order valence-corrected chi connectivity index (χ4v) is 5.58. The zero-order valence-corrected chi connectivity index (χ0v) is 18.5. The summed E-state index contributed by atoms with van der Waals surface area (Å²) in [6, 6.07) is 25.9. The number of thiophene rings is 1. The van der Waals surface area contributed by atoms with Gasteiger partial charge in [-0.1, -0.05) is 59.8 Å². The Balaban J connectivity index is 1.42. The number of fused-ring (bicyclic) bond motifs is 3. The molecular weight excluding hydrogens is 416 g/mol. The molecule has 6 rings (SSSR count). The summed E-state index contributed by atoms with van der Waals surface area (Å²) in [6.45, 7) is 4.34. The average Bonchev–Trinajstić information content (AvgIpc) is 3.49. The molecule has 0 radical (unpaired) electrons. The van der Waals surface area contributed by atoms with Gasteiger partial charge in [-0.15, -0.1) is 16.4 Å². The molecule has 5 aromatic rings. The fraction of sp³-hybridized carbons (Fsp3) is 0.231. The Morgan fingerprint density at radius 3 is 2.53 bits per heavy atom. The molecule has 1 unspecified atom stereocenters. The maximum Gasteiger partial charge on any atom is 0.113 e. The predicted octanol–water partition coefficient (Wildman–Crippen LogP) is 5.23. The molecule has 0 aliphatic carbocycles. The maximum atomic E-state index is 5.58. The molecule has 0 bridgehead atoms. The molecule has 1 aliphatic rings. The van der Waals surface area contributed by atoms with Crippen LogP contribution in [-0.4, -0.2) is 52.7 Å². The number of hydrogen-bond acceptors (Lipinski definition) is 5. The minimum Gasteiger partial charge on any atom is -0.379 e. The minimum absolute atomic E-state index is 0.0844. The van der Waals surface area contributed by atoms with E-state index in [1.54, 1.807) is 0 Å². The van der Waals surface area contributed by atoms with Gasteiger partial charge in [0.05, 0.1) is 25.5 Å². The largest absolute Gasteiger partial charge is 0.379 e. The van der Waals surface area contributed by atoms with Gasteiger partial charge >= 0.3 is 0 Å². The van der Waals surface area contributed by atoms with Gasteiger partial charge in [-0.25, -0.2) is 4.68 Å². The van der Waals surface area contributed by atoms with Gasteiger partial charge < -0.3 is 4.74 Å². The van der Waals surface area contributed by atoms with Crippen molar-refractivity contribution in [1.29, 1.82) is 0 Å². The Hall–Kier alpha value is -3.06. The van der Waals surface area contributed by atoms with Crippen LogP contribution in [0.2, 0.25) is 0 Å². The van der Waals surface area contributed by atoms with Crippen LogP contribution in [-0.2, 0) is 4.74 Å². The highest BCUT2D eigenvalue weighted by Crippen LogP contribution is 2.36. The van der Waals surface area contributed by atoms with Crippen LogP contribution in [0.25, 0.3) is 31.4 Å². The van der Waals surface area contributed by atoms with Crippen molar-refractivity contribution in [3.63, 3.8) is 0 Å². The Labute approximate surface area is 190 Å². The topological polar surface area (TPSA) is 43.2 Å². The third-order valence-electron chi connectivity index (χ3n) is 6.22. The van der Waals surface area contributed by atoms with Gasteiger partial charge in [0.1, 0.15) is 5.69 Å². The molecule has 2 aromatic heterocycles. The van der Waals surface area contributed by atoms with Gasteiger partial charge in [0.15, 0.2) is 0 Å². The van der Waals surface area contributed by atoms with E-state index in [1.165, 1.54) is 25.7 Å². The molecule has 1 aliphatic heterocycles. The van der Waals surface area contributed by atoms with Crippen molar-refractivity contribution in [2.24, 2.45) is 0 Å². The SMILES string of the molecule is c1ccc(-c2cn(C(CN3CCOCC3)c3ccc4sc5ccccc5c4c3)nn2)cc1. The van der Waals surface area contributed by atoms with Crippen molar-refractivity contribution in [3.8, 4) is 11.3 Å². The zero-order valence-electron chi connectivity index (χ0n) is 17.7. The summed E-state index contributed by atoms with van der Waals surface area (Å²) in [7, 11) is 0. The second kappa shape index (κ2) is 8.47. The van der Waals surface area contributed by atoms with E-state index in [0.29, 0.717) is 0 Å². The first kappa shape index (κ1) is 19.6. The molecule has 1 fully saturated rings. The molecule has 0 N–H and O–H groups in total. The molecule has 0 amide bonds. The van der Waals surface area contributed by atoms with E-state index in [4.69, 9.17) is 4.74 Å². The van der Waals surface area contributed by atoms with E-state index in [1.807, 2.05) is 34.2 Å². The fourth-order valence-electron chi connectivity index (χ4n) is 4.49. The number of hydrogen-bond donors (Lipinski definition) is 0. The molecule has 3 aromatic carbocycles. The van der Waals surface area contributed by atoms with E-state index in [9.17, 15) is 0 Å². The normalized spacial score (nSPS) is 16.0. The lowest BCUT2D eigenvalue weighted by Crippen LogP contribution is -2.40. The van der Waals surface area contributed by atoms with E-state index >= 15 is 0 Å². The summed E-state index contributed by atoms with van der Waals surface area (Å²) in [5, 5.41) is 11.7. The lowest BCUT2D eigenvalue weighted by Gasteiger charge is -2.30. The Morgan fingerprint density at radius 2 is 1.66 bits per heavy atom. The first-order chi connectivity index (χ1) is 15.8. The third kappa shape index (κ3) is 3.71. The second-order valence-electron chi connectivity index (χ2n) is 8.23. The van der Waals surface area contributed by atoms with Crippen LogP contribution in [0, 0.1) is 0 Å². The van der Waals surface area contributed by atoms with E-state index in [0.717, 1.165) is 44.1 Å². The predicted molar refractivity (Wildman–Crippen MR) is 130 cm³/mol. The van der Waals surface area contributed by atoms with Crippen LogP contribution in [0.4, 0.5) is 0 Å². The number of morpholine rings is 1. The molecule has 0 spiro atoms. The molecular formula is C26H24N4OS. The Kier molecular flexibility index (Phi) is 5.19. The van der Waals surface area contributed by atoms with Gasteiger partial charge in [-0.3, -0.25) is 4.90 Å². The van der Waals surface area contributed by atoms with Crippen molar-refractivity contribution in [3.05, 3.63) is 84.6 Å². The third-order valence-corrected chi connectivity index (χ3v) is 7.37. The summed E-state index contributed by atoms with van der Waals surface area (Å²) in [6.07, 6.45) is 2.08. The molecule has 32 heavy (non-hydrogen) atoms. The van der Waals surface area contributed by atoms with Gasteiger partial charge in [0, 0.05) is 45.4 Å². The molecule has 160 valence electrons. The lowest BCUT2D eigenvalue weighted by atomic mass is 10.0. The minimum atomic E-state index is 0.0844. The second-order valence-corrected chi connectivity index (χ2v) is 9.32. The number of benzene rings is 3. The number of rotatable bonds is 5. The number of aromatic nitrogens is 3. The first-order valence-corrected chi connectivity index (χ1v) is 11.9. The van der Waals surface area contributed by atoms with Crippen molar-refractivity contribution < 1.29 is 4.74 Å².